The number of sulfonamides is 1. The van der Waals surface area contributed by atoms with E-state index in [-0.39, 0.29) is 12.1 Å². The van der Waals surface area contributed by atoms with E-state index in [1.54, 1.807) is 24.3 Å². The van der Waals surface area contributed by atoms with Gasteiger partial charge in [0, 0.05) is 24.4 Å². The lowest BCUT2D eigenvalue weighted by atomic mass is 10.1. The van der Waals surface area contributed by atoms with Crippen LogP contribution in [0, 0.1) is 27.2 Å². The van der Waals surface area contributed by atoms with Gasteiger partial charge in [-0.3, -0.25) is 20.2 Å². The summed E-state index contributed by atoms with van der Waals surface area (Å²) >= 11 is 1.40. The largest absolute Gasteiger partial charge is 0.497 e. The molecule has 1 unspecified atom stereocenters. The number of methoxy groups -OCH3 is 1. The number of rotatable bonds is 6. The predicted molar refractivity (Wildman–Crippen MR) is 107 cm³/mol. The van der Waals surface area contributed by atoms with Crippen molar-refractivity contribution in [1.29, 1.82) is 0 Å². The van der Waals surface area contributed by atoms with Gasteiger partial charge in [0.05, 0.1) is 27.2 Å². The second-order valence-electron chi connectivity index (χ2n) is 6.21. The molecule has 1 fully saturated rings. The summed E-state index contributed by atoms with van der Waals surface area (Å²) in [4.78, 5) is 20.5. The van der Waals surface area contributed by atoms with E-state index in [0.717, 1.165) is 12.1 Å². The minimum Gasteiger partial charge on any atom is -0.497 e. The molecule has 2 aromatic carbocycles. The first-order valence-corrected chi connectivity index (χ1v) is 10.9. The molecular formula is C17H17N3O7S2. The second kappa shape index (κ2) is 7.97. The van der Waals surface area contributed by atoms with Crippen molar-refractivity contribution in [1.82, 2.24) is 4.31 Å². The van der Waals surface area contributed by atoms with E-state index < -0.39 is 41.5 Å². The van der Waals surface area contributed by atoms with Crippen molar-refractivity contribution in [3.05, 3.63) is 67.8 Å². The Morgan fingerprint density at radius 3 is 2.14 bits per heavy atom. The smallest absolute Gasteiger partial charge is 0.280 e. The van der Waals surface area contributed by atoms with Crippen LogP contribution < -0.4 is 4.74 Å². The van der Waals surface area contributed by atoms with Gasteiger partial charge in [-0.1, -0.05) is 12.1 Å². The molecule has 12 heteroatoms. The van der Waals surface area contributed by atoms with Gasteiger partial charge in [-0.25, -0.2) is 8.42 Å². The molecule has 1 saturated heterocycles. The third kappa shape index (κ3) is 3.91. The first-order valence-electron chi connectivity index (χ1n) is 8.37. The van der Waals surface area contributed by atoms with Crippen molar-refractivity contribution in [2.45, 2.75) is 17.2 Å². The lowest BCUT2D eigenvalue weighted by molar-refractivity contribution is -0.395. The molecule has 0 saturated carbocycles. The Bertz CT molecular complexity index is 1040. The minimum atomic E-state index is -4.21. The standard InChI is InChI=1S/C17H17N3O7S2/c1-11-15(19(21)22)9-14(10-16(11)20(23)24)29(25,26)18-7-8-28-17(18)12-3-5-13(27-2)6-4-12/h3-6,9-10,17H,7-8H2,1-2H3. The van der Waals surface area contributed by atoms with Gasteiger partial charge in [0.15, 0.2) is 0 Å². The number of nitrogens with zero attached hydrogens (tertiary/aromatic N) is 3. The van der Waals surface area contributed by atoms with Gasteiger partial charge in [0.1, 0.15) is 11.3 Å². The zero-order chi connectivity index (χ0) is 21.3. The zero-order valence-corrected chi connectivity index (χ0v) is 17.1. The highest BCUT2D eigenvalue weighted by Gasteiger charge is 2.39. The van der Waals surface area contributed by atoms with Crippen molar-refractivity contribution < 1.29 is 23.0 Å². The molecule has 0 radical (unpaired) electrons. The van der Waals surface area contributed by atoms with Gasteiger partial charge in [-0.15, -0.1) is 11.8 Å². The number of nitro groups is 2. The lowest BCUT2D eigenvalue weighted by Crippen LogP contribution is -2.30. The van der Waals surface area contributed by atoms with Gasteiger partial charge < -0.3 is 4.74 Å². The van der Waals surface area contributed by atoms with Crippen molar-refractivity contribution in [3.8, 4) is 5.75 Å². The summed E-state index contributed by atoms with van der Waals surface area (Å²) in [6.45, 7) is 1.40. The van der Waals surface area contributed by atoms with E-state index in [2.05, 4.69) is 0 Å². The van der Waals surface area contributed by atoms with Crippen LogP contribution >= 0.6 is 11.8 Å². The number of hydrogen-bond acceptors (Lipinski definition) is 8. The van der Waals surface area contributed by atoms with Crippen LogP contribution in [0.3, 0.4) is 0 Å². The van der Waals surface area contributed by atoms with Gasteiger partial charge in [-0.05, 0) is 24.6 Å². The van der Waals surface area contributed by atoms with Crippen LogP contribution in [-0.2, 0) is 10.0 Å². The first kappa shape index (κ1) is 21.0. The quantitative estimate of drug-likeness (QED) is 0.495. The van der Waals surface area contributed by atoms with Crippen LogP contribution in [-0.4, -0.2) is 42.0 Å². The van der Waals surface area contributed by atoms with Gasteiger partial charge >= 0.3 is 0 Å². The molecule has 0 spiro atoms. The molecule has 1 heterocycles. The minimum absolute atomic E-state index is 0.180. The number of benzene rings is 2. The van der Waals surface area contributed by atoms with Gasteiger partial charge in [0.25, 0.3) is 11.4 Å². The third-order valence-corrected chi connectivity index (χ3v) is 7.81. The van der Waals surface area contributed by atoms with Crippen LogP contribution in [0.5, 0.6) is 5.75 Å². The summed E-state index contributed by atoms with van der Waals surface area (Å²) in [6, 6.07) is 8.66. The predicted octanol–water partition coefficient (Wildman–Crippen LogP) is 3.26. The molecule has 10 nitrogen and oxygen atoms in total. The molecule has 1 aliphatic heterocycles. The highest BCUT2D eigenvalue weighted by Crippen LogP contribution is 2.43. The van der Waals surface area contributed by atoms with E-state index >= 15 is 0 Å². The normalized spacial score (nSPS) is 17.2. The van der Waals surface area contributed by atoms with E-state index in [1.807, 2.05) is 0 Å². The fourth-order valence-corrected chi connectivity index (χ4v) is 6.34. The Kier molecular flexibility index (Phi) is 5.78. The van der Waals surface area contributed by atoms with Crippen LogP contribution in [0.15, 0.2) is 41.3 Å². The number of ether oxygens (including phenoxy) is 1. The Labute approximate surface area is 170 Å². The molecule has 0 aliphatic carbocycles. The molecule has 0 aromatic heterocycles. The van der Waals surface area contributed by atoms with Crippen molar-refractivity contribution >= 4 is 33.2 Å². The van der Waals surface area contributed by atoms with Crippen molar-refractivity contribution in [3.63, 3.8) is 0 Å². The maximum Gasteiger partial charge on any atom is 0.280 e. The Balaban J connectivity index is 2.07. The Hall–Kier alpha value is -2.70. The number of nitro benzene ring substituents is 2. The summed E-state index contributed by atoms with van der Waals surface area (Å²) < 4.78 is 32.8. The highest BCUT2D eigenvalue weighted by atomic mass is 32.2. The molecule has 0 bridgehead atoms. The fourth-order valence-electron chi connectivity index (χ4n) is 3.05. The summed E-state index contributed by atoms with van der Waals surface area (Å²) in [6.07, 6.45) is 0. The summed E-state index contributed by atoms with van der Waals surface area (Å²) in [7, 11) is -2.69. The number of hydrogen-bond donors (Lipinski definition) is 0. The SMILES string of the molecule is COc1ccc(C2SCCN2S(=O)(=O)c2cc([N+](=O)[O-])c(C)c([N+](=O)[O-])c2)cc1. The van der Waals surface area contributed by atoms with E-state index in [0.29, 0.717) is 17.1 Å². The lowest BCUT2D eigenvalue weighted by Gasteiger charge is -2.23. The van der Waals surface area contributed by atoms with E-state index in [9.17, 15) is 28.6 Å². The third-order valence-electron chi connectivity index (χ3n) is 4.58. The molecule has 29 heavy (non-hydrogen) atoms. The summed E-state index contributed by atoms with van der Waals surface area (Å²) in [5, 5.41) is 22.1. The molecule has 1 atom stereocenters. The Morgan fingerprint density at radius 2 is 1.66 bits per heavy atom. The summed E-state index contributed by atoms with van der Waals surface area (Å²) in [5.41, 5.74) is -0.689. The topological polar surface area (TPSA) is 133 Å². The van der Waals surface area contributed by atoms with Crippen LogP contribution in [0.1, 0.15) is 16.5 Å². The molecular weight excluding hydrogens is 422 g/mol. The highest BCUT2D eigenvalue weighted by molar-refractivity contribution is 8.01. The average molecular weight is 439 g/mol. The maximum absolute atomic E-state index is 13.2. The average Bonchev–Trinajstić information content (AvgIpc) is 3.18. The molecule has 1 aliphatic rings. The molecule has 0 N–H and O–H groups in total. The van der Waals surface area contributed by atoms with E-state index in [1.165, 1.54) is 30.1 Å². The van der Waals surface area contributed by atoms with Crippen LogP contribution in [0.25, 0.3) is 0 Å². The summed E-state index contributed by atoms with van der Waals surface area (Å²) in [5.74, 6) is 1.14. The molecule has 0 amide bonds. The van der Waals surface area contributed by atoms with Gasteiger partial charge in [0.2, 0.25) is 10.0 Å². The first-order chi connectivity index (χ1) is 13.7. The monoisotopic (exact) mass is 439 g/mol. The van der Waals surface area contributed by atoms with Crippen molar-refractivity contribution in [2.24, 2.45) is 0 Å². The van der Waals surface area contributed by atoms with Crippen LogP contribution in [0.4, 0.5) is 11.4 Å². The second-order valence-corrected chi connectivity index (χ2v) is 9.29. The Morgan fingerprint density at radius 1 is 1.10 bits per heavy atom. The fraction of sp³-hybridized carbons (Fsp3) is 0.294. The molecule has 154 valence electrons. The number of thioether (sulfide) groups is 1. The van der Waals surface area contributed by atoms with E-state index in [4.69, 9.17) is 4.74 Å². The van der Waals surface area contributed by atoms with Crippen molar-refractivity contribution in [2.75, 3.05) is 19.4 Å². The zero-order valence-electron chi connectivity index (χ0n) is 15.5. The van der Waals surface area contributed by atoms with Crippen LogP contribution in [0.2, 0.25) is 0 Å². The molecule has 2 aromatic rings. The van der Waals surface area contributed by atoms with Gasteiger partial charge in [-0.2, -0.15) is 4.31 Å². The molecule has 3 rings (SSSR count). The maximum atomic E-state index is 13.2.